The average Bonchev–Trinajstić information content (AvgIpc) is 2.93. The van der Waals surface area contributed by atoms with Gasteiger partial charge in [-0.05, 0) is 36.8 Å². The fourth-order valence-corrected chi connectivity index (χ4v) is 3.59. The fraction of sp³-hybridized carbons (Fsp3) is 0.176. The van der Waals surface area contributed by atoms with Crippen LogP contribution in [0.5, 0.6) is 0 Å². The Labute approximate surface area is 136 Å². The first kappa shape index (κ1) is 13.7. The number of nitrogens with one attached hydrogen (secondary N) is 1. The van der Waals surface area contributed by atoms with E-state index in [1.807, 2.05) is 42.5 Å². The topological polar surface area (TPSA) is 61.7 Å². The smallest absolute Gasteiger partial charge is 0.237 e. The average molecular weight is 357 g/mol. The van der Waals surface area contributed by atoms with Crippen LogP contribution in [0.15, 0.2) is 51.9 Å². The number of hydrogen-bond donors (Lipinski definition) is 2. The van der Waals surface area contributed by atoms with Crippen LogP contribution >= 0.6 is 15.9 Å². The Balaban J connectivity index is 1.88. The number of rotatable bonds is 1. The van der Waals surface area contributed by atoms with Crippen molar-refractivity contribution in [2.24, 2.45) is 4.99 Å². The molecule has 0 aliphatic carbocycles. The molecule has 5 heteroatoms. The van der Waals surface area contributed by atoms with Crippen molar-refractivity contribution in [3.8, 4) is 0 Å². The summed E-state index contributed by atoms with van der Waals surface area (Å²) in [5.41, 5.74) is 2.30. The van der Waals surface area contributed by atoms with Crippen LogP contribution in [-0.4, -0.2) is 16.7 Å². The predicted molar refractivity (Wildman–Crippen MR) is 88.6 cm³/mol. The monoisotopic (exact) mass is 356 g/mol. The molecule has 0 spiro atoms. The number of nitrogens with zero attached hydrogens (tertiary/aromatic N) is 1. The molecule has 0 aromatic heterocycles. The number of aliphatic hydroxyl groups is 1. The second kappa shape index (κ2) is 4.51. The largest absolute Gasteiger partial charge is 0.379 e. The van der Waals surface area contributed by atoms with E-state index in [9.17, 15) is 9.90 Å². The molecule has 0 fully saturated rings. The summed E-state index contributed by atoms with van der Waals surface area (Å²) in [5, 5.41) is 13.8. The van der Waals surface area contributed by atoms with Gasteiger partial charge in [0.1, 0.15) is 11.5 Å². The first-order chi connectivity index (χ1) is 10.5. The molecular weight excluding hydrogens is 344 g/mol. The van der Waals surface area contributed by atoms with Gasteiger partial charge in [-0.2, -0.15) is 0 Å². The maximum atomic E-state index is 12.5. The van der Waals surface area contributed by atoms with Crippen LogP contribution in [0.1, 0.15) is 24.0 Å². The third-order valence-corrected chi connectivity index (χ3v) is 4.78. The summed E-state index contributed by atoms with van der Waals surface area (Å²) in [5.74, 6) is -0.727. The molecule has 0 saturated carbocycles. The molecule has 2 aliphatic rings. The van der Waals surface area contributed by atoms with Crippen molar-refractivity contribution in [1.82, 2.24) is 0 Å². The SMILES string of the molecule is CC1(O)C(C2C(=O)Nc3ccc(Br)cc32)=Nc2ccccc21. The Morgan fingerprint density at radius 1 is 1.27 bits per heavy atom. The zero-order chi connectivity index (χ0) is 15.5. The molecule has 2 aliphatic heterocycles. The molecule has 0 bridgehead atoms. The molecule has 4 rings (SSSR count). The molecule has 0 radical (unpaired) electrons. The predicted octanol–water partition coefficient (Wildman–Crippen LogP) is 3.48. The maximum absolute atomic E-state index is 12.5. The number of amides is 1. The normalized spacial score (nSPS) is 25.5. The molecule has 2 unspecified atom stereocenters. The Morgan fingerprint density at radius 3 is 2.82 bits per heavy atom. The minimum Gasteiger partial charge on any atom is -0.379 e. The summed E-state index contributed by atoms with van der Waals surface area (Å²) in [6.45, 7) is 1.70. The molecule has 110 valence electrons. The van der Waals surface area contributed by atoms with Crippen molar-refractivity contribution < 1.29 is 9.90 Å². The fourth-order valence-electron chi connectivity index (χ4n) is 3.21. The Bertz CT molecular complexity index is 842. The lowest BCUT2D eigenvalue weighted by Gasteiger charge is -2.24. The van der Waals surface area contributed by atoms with Crippen LogP contribution in [0.25, 0.3) is 0 Å². The van der Waals surface area contributed by atoms with E-state index in [1.165, 1.54) is 0 Å². The van der Waals surface area contributed by atoms with E-state index in [4.69, 9.17) is 0 Å². The highest BCUT2D eigenvalue weighted by Gasteiger charge is 2.47. The van der Waals surface area contributed by atoms with E-state index in [2.05, 4.69) is 26.2 Å². The number of anilines is 1. The minimum atomic E-state index is -1.25. The number of benzene rings is 2. The third-order valence-electron chi connectivity index (χ3n) is 4.29. The van der Waals surface area contributed by atoms with Crippen LogP contribution in [-0.2, 0) is 10.4 Å². The molecule has 1 amide bonds. The van der Waals surface area contributed by atoms with E-state index >= 15 is 0 Å². The molecule has 2 aromatic carbocycles. The highest BCUT2D eigenvalue weighted by Crippen LogP contribution is 2.46. The van der Waals surface area contributed by atoms with Gasteiger partial charge in [-0.15, -0.1) is 0 Å². The number of para-hydroxylation sites is 1. The molecular formula is C17H13BrN2O2. The number of aliphatic imine (C=N–C) groups is 1. The molecule has 4 nitrogen and oxygen atoms in total. The highest BCUT2D eigenvalue weighted by molar-refractivity contribution is 9.10. The molecule has 22 heavy (non-hydrogen) atoms. The van der Waals surface area contributed by atoms with Crippen LogP contribution in [0.3, 0.4) is 0 Å². The minimum absolute atomic E-state index is 0.153. The quantitative estimate of drug-likeness (QED) is 0.821. The van der Waals surface area contributed by atoms with Crippen molar-refractivity contribution >= 4 is 38.9 Å². The summed E-state index contributed by atoms with van der Waals surface area (Å²) in [4.78, 5) is 17.0. The van der Waals surface area contributed by atoms with Crippen LogP contribution in [0, 0.1) is 0 Å². The summed E-state index contributed by atoms with van der Waals surface area (Å²) in [6, 6.07) is 13.1. The number of carbonyl (C=O) groups is 1. The van der Waals surface area contributed by atoms with E-state index in [-0.39, 0.29) is 5.91 Å². The Hall–Kier alpha value is -1.98. The van der Waals surface area contributed by atoms with Gasteiger partial charge >= 0.3 is 0 Å². The van der Waals surface area contributed by atoms with Gasteiger partial charge in [-0.25, -0.2) is 0 Å². The number of hydrogen-bond acceptors (Lipinski definition) is 3. The summed E-state index contributed by atoms with van der Waals surface area (Å²) >= 11 is 3.44. The second-order valence-corrected chi connectivity index (χ2v) is 6.66. The van der Waals surface area contributed by atoms with Gasteiger partial charge in [0.2, 0.25) is 5.91 Å². The number of carbonyl (C=O) groups excluding carboxylic acids is 1. The second-order valence-electron chi connectivity index (χ2n) is 5.74. The summed E-state index contributed by atoms with van der Waals surface area (Å²) in [7, 11) is 0. The van der Waals surface area contributed by atoms with E-state index < -0.39 is 11.5 Å². The lowest BCUT2D eigenvalue weighted by molar-refractivity contribution is -0.115. The first-order valence-electron chi connectivity index (χ1n) is 7.00. The van der Waals surface area contributed by atoms with E-state index in [1.54, 1.807) is 6.92 Å². The van der Waals surface area contributed by atoms with Crippen molar-refractivity contribution in [2.75, 3.05) is 5.32 Å². The van der Waals surface area contributed by atoms with Gasteiger partial charge < -0.3 is 10.4 Å². The zero-order valence-corrected chi connectivity index (χ0v) is 13.4. The van der Waals surface area contributed by atoms with Gasteiger partial charge in [0.05, 0.1) is 11.4 Å². The van der Waals surface area contributed by atoms with Crippen LogP contribution < -0.4 is 5.32 Å². The highest BCUT2D eigenvalue weighted by atomic mass is 79.9. The van der Waals surface area contributed by atoms with Crippen molar-refractivity contribution in [1.29, 1.82) is 0 Å². The Kier molecular flexibility index (Phi) is 2.80. The molecule has 0 saturated heterocycles. The zero-order valence-electron chi connectivity index (χ0n) is 11.8. The van der Waals surface area contributed by atoms with E-state index in [0.29, 0.717) is 5.71 Å². The summed E-state index contributed by atoms with van der Waals surface area (Å²) < 4.78 is 0.892. The molecule has 2 atom stereocenters. The van der Waals surface area contributed by atoms with Gasteiger partial charge in [-0.1, -0.05) is 34.1 Å². The van der Waals surface area contributed by atoms with Gasteiger partial charge in [-0.3, -0.25) is 9.79 Å². The lowest BCUT2D eigenvalue weighted by Crippen LogP contribution is -2.36. The van der Waals surface area contributed by atoms with Gasteiger partial charge in [0, 0.05) is 15.7 Å². The van der Waals surface area contributed by atoms with Crippen LogP contribution in [0.4, 0.5) is 11.4 Å². The molecule has 2 heterocycles. The van der Waals surface area contributed by atoms with Crippen molar-refractivity contribution in [3.63, 3.8) is 0 Å². The third kappa shape index (κ3) is 1.79. The first-order valence-corrected chi connectivity index (χ1v) is 7.79. The standard InChI is InChI=1S/C17H13BrN2O2/c1-17(22)11-4-2-3-5-13(11)19-15(17)14-10-8-9(18)6-7-12(10)20-16(14)21/h2-8,14,22H,1H3,(H,20,21). The maximum Gasteiger partial charge on any atom is 0.237 e. The number of halogens is 1. The molecule has 2 N–H and O–H groups in total. The van der Waals surface area contributed by atoms with Crippen LogP contribution in [0.2, 0.25) is 0 Å². The van der Waals surface area contributed by atoms with Crippen molar-refractivity contribution in [3.05, 3.63) is 58.1 Å². The van der Waals surface area contributed by atoms with Gasteiger partial charge in [0.25, 0.3) is 0 Å². The van der Waals surface area contributed by atoms with Gasteiger partial charge in [0.15, 0.2) is 0 Å². The van der Waals surface area contributed by atoms with Crippen molar-refractivity contribution in [2.45, 2.75) is 18.4 Å². The van der Waals surface area contributed by atoms with E-state index in [0.717, 1.165) is 27.0 Å². The molecule has 2 aromatic rings. The number of fused-ring (bicyclic) bond motifs is 2. The Morgan fingerprint density at radius 2 is 2.05 bits per heavy atom. The summed E-state index contributed by atoms with van der Waals surface area (Å²) in [6.07, 6.45) is 0. The lowest BCUT2D eigenvalue weighted by atomic mass is 9.83.